The average molecular weight is 316 g/mol. The maximum Gasteiger partial charge on any atom is 0.368 e. The molecule has 1 aromatic carbocycles. The molecule has 116 valence electrons. The molecular weight excluding hydrogens is 304 g/mol. The van der Waals surface area contributed by atoms with E-state index in [0.29, 0.717) is 11.3 Å². The Kier molecular flexibility index (Phi) is 3.21. The first-order chi connectivity index (χ1) is 11.8. The predicted octanol–water partition coefficient (Wildman–Crippen LogP) is 1.60. The summed E-state index contributed by atoms with van der Waals surface area (Å²) in [4.78, 5) is 12.5. The number of fused-ring (bicyclic) bond motifs is 1. The fraction of sp³-hybridized carbons (Fsp3) is 0.0588. The molecule has 0 amide bonds. The monoisotopic (exact) mass is 316 g/mol. The van der Waals surface area contributed by atoms with Gasteiger partial charge in [0.25, 0.3) is 0 Å². The fourth-order valence-electron chi connectivity index (χ4n) is 2.69. The molecule has 0 radical (unpaired) electrons. The topological polar surface area (TPSA) is 80.9 Å². The molecule has 24 heavy (non-hydrogen) atoms. The van der Waals surface area contributed by atoms with Crippen LogP contribution in [0.4, 0.5) is 0 Å². The molecular formula is C17H12N6O. The predicted molar refractivity (Wildman–Crippen MR) is 86.8 cm³/mol. The number of hydrogen-bond donors (Lipinski definition) is 0. The van der Waals surface area contributed by atoms with Crippen molar-refractivity contribution in [1.82, 2.24) is 24.2 Å². The van der Waals surface area contributed by atoms with Crippen LogP contribution in [0.1, 0.15) is 11.1 Å². The van der Waals surface area contributed by atoms with Gasteiger partial charge in [-0.25, -0.2) is 4.79 Å². The van der Waals surface area contributed by atoms with E-state index in [9.17, 15) is 10.1 Å². The summed E-state index contributed by atoms with van der Waals surface area (Å²) in [6.45, 7) is 0.191. The van der Waals surface area contributed by atoms with Crippen LogP contribution >= 0.6 is 0 Å². The maximum absolute atomic E-state index is 12.5. The number of rotatable bonds is 3. The zero-order valence-corrected chi connectivity index (χ0v) is 12.6. The molecule has 0 aliphatic carbocycles. The molecule has 0 bridgehead atoms. The Labute approximate surface area is 136 Å². The van der Waals surface area contributed by atoms with Gasteiger partial charge in [-0.2, -0.15) is 14.6 Å². The number of benzene rings is 1. The molecule has 0 aliphatic heterocycles. The van der Waals surface area contributed by atoms with Crippen molar-refractivity contribution in [2.24, 2.45) is 0 Å². The van der Waals surface area contributed by atoms with Gasteiger partial charge in [-0.3, -0.25) is 0 Å². The Hall–Kier alpha value is -3.66. The van der Waals surface area contributed by atoms with Gasteiger partial charge < -0.3 is 4.40 Å². The van der Waals surface area contributed by atoms with Crippen LogP contribution in [0.3, 0.4) is 0 Å². The van der Waals surface area contributed by atoms with Gasteiger partial charge >= 0.3 is 5.69 Å². The first-order valence-electron chi connectivity index (χ1n) is 7.35. The zero-order chi connectivity index (χ0) is 16.5. The summed E-state index contributed by atoms with van der Waals surface area (Å²) in [5.74, 6) is 0. The lowest BCUT2D eigenvalue weighted by atomic mass is 10.2. The van der Waals surface area contributed by atoms with Crippen molar-refractivity contribution >= 4 is 5.52 Å². The molecule has 0 saturated heterocycles. The Morgan fingerprint density at radius 1 is 1.04 bits per heavy atom. The minimum atomic E-state index is -0.347. The highest BCUT2D eigenvalue weighted by Crippen LogP contribution is 2.18. The number of tetrazole rings is 1. The second kappa shape index (κ2) is 5.52. The molecule has 0 saturated carbocycles. The third-order valence-electron chi connectivity index (χ3n) is 3.83. The summed E-state index contributed by atoms with van der Waals surface area (Å²) >= 11 is 0. The van der Waals surface area contributed by atoms with E-state index < -0.39 is 0 Å². The summed E-state index contributed by atoms with van der Waals surface area (Å²) in [5, 5.41) is 17.3. The number of hydrogen-bond acceptors (Lipinski definition) is 4. The van der Waals surface area contributed by atoms with E-state index in [1.807, 2.05) is 53.2 Å². The Balaban J connectivity index is 1.77. The lowest BCUT2D eigenvalue weighted by Gasteiger charge is -1.98. The summed E-state index contributed by atoms with van der Waals surface area (Å²) in [5.41, 5.74) is 2.37. The summed E-state index contributed by atoms with van der Waals surface area (Å²) < 4.78 is 4.35. The molecule has 7 nitrogen and oxygen atoms in total. The molecule has 0 N–H and O–H groups in total. The normalized spacial score (nSPS) is 10.8. The molecule has 3 aromatic heterocycles. The van der Waals surface area contributed by atoms with Gasteiger partial charge in [-0.05, 0) is 34.7 Å². The number of aromatic nitrogens is 5. The van der Waals surface area contributed by atoms with Crippen molar-refractivity contribution < 1.29 is 0 Å². The van der Waals surface area contributed by atoms with Crippen molar-refractivity contribution in [2.75, 3.05) is 0 Å². The van der Waals surface area contributed by atoms with Gasteiger partial charge in [0.1, 0.15) is 6.07 Å². The number of pyridine rings is 1. The summed E-state index contributed by atoms with van der Waals surface area (Å²) in [6, 6.07) is 16.9. The highest BCUT2D eigenvalue weighted by molar-refractivity contribution is 5.65. The third-order valence-corrected chi connectivity index (χ3v) is 3.83. The van der Waals surface area contributed by atoms with Crippen molar-refractivity contribution in [1.29, 1.82) is 5.26 Å². The lowest BCUT2D eigenvalue weighted by molar-refractivity contribution is 0.631. The smallest absolute Gasteiger partial charge is 0.322 e. The van der Waals surface area contributed by atoms with E-state index >= 15 is 0 Å². The molecule has 4 aromatic rings. The van der Waals surface area contributed by atoms with Crippen LogP contribution in [0, 0.1) is 11.3 Å². The van der Waals surface area contributed by atoms with Crippen LogP contribution in [-0.4, -0.2) is 24.2 Å². The van der Waals surface area contributed by atoms with E-state index in [1.54, 1.807) is 12.1 Å². The van der Waals surface area contributed by atoms with Crippen LogP contribution in [-0.2, 0) is 6.54 Å². The molecule has 0 aliphatic rings. The molecule has 3 heterocycles. The van der Waals surface area contributed by atoms with E-state index in [2.05, 4.69) is 16.5 Å². The van der Waals surface area contributed by atoms with Crippen molar-refractivity contribution in [2.45, 2.75) is 6.54 Å². The van der Waals surface area contributed by atoms with Gasteiger partial charge in [0.15, 0.2) is 0 Å². The Morgan fingerprint density at radius 2 is 1.83 bits per heavy atom. The quantitative estimate of drug-likeness (QED) is 0.575. The summed E-state index contributed by atoms with van der Waals surface area (Å²) in [7, 11) is 0. The van der Waals surface area contributed by atoms with Crippen LogP contribution in [0.2, 0.25) is 0 Å². The summed E-state index contributed by atoms with van der Waals surface area (Å²) in [6.07, 6.45) is 3.70. The maximum atomic E-state index is 12.5. The fourth-order valence-corrected chi connectivity index (χ4v) is 2.69. The van der Waals surface area contributed by atoms with E-state index in [4.69, 9.17) is 0 Å². The van der Waals surface area contributed by atoms with E-state index in [0.717, 1.165) is 11.1 Å². The molecule has 0 spiro atoms. The van der Waals surface area contributed by atoms with Gasteiger partial charge in [0.2, 0.25) is 0 Å². The lowest BCUT2D eigenvalue weighted by Crippen LogP contribution is -2.24. The number of para-hydroxylation sites is 1. The zero-order valence-electron chi connectivity index (χ0n) is 12.6. The Morgan fingerprint density at radius 3 is 2.62 bits per heavy atom. The van der Waals surface area contributed by atoms with E-state index in [-0.39, 0.29) is 12.2 Å². The highest BCUT2D eigenvalue weighted by atomic mass is 16.2. The average Bonchev–Trinajstić information content (AvgIpc) is 3.16. The van der Waals surface area contributed by atoms with Crippen LogP contribution in [0.25, 0.3) is 11.2 Å². The largest absolute Gasteiger partial charge is 0.368 e. The van der Waals surface area contributed by atoms with Crippen LogP contribution in [0.15, 0.2) is 65.7 Å². The Bertz CT molecular complexity index is 1110. The van der Waals surface area contributed by atoms with Crippen LogP contribution < -0.4 is 5.69 Å². The highest BCUT2D eigenvalue weighted by Gasteiger charge is 2.14. The van der Waals surface area contributed by atoms with Gasteiger partial charge in [-0.15, -0.1) is 0 Å². The molecule has 7 heteroatoms. The number of nitrogens with zero attached hydrogens (tertiary/aromatic N) is 6. The molecule has 0 unspecified atom stereocenters. The first-order valence-corrected chi connectivity index (χ1v) is 7.35. The second-order valence-corrected chi connectivity index (χ2v) is 5.30. The second-order valence-electron chi connectivity index (χ2n) is 5.30. The van der Waals surface area contributed by atoms with Crippen LogP contribution in [0.5, 0.6) is 0 Å². The SMILES string of the molecule is N#Cc1c(Cn2nnn(-c3ccccc3)c2=O)cn2ccccc12. The van der Waals surface area contributed by atoms with Gasteiger partial charge in [0.05, 0.1) is 23.3 Å². The minimum Gasteiger partial charge on any atom is -0.322 e. The van der Waals surface area contributed by atoms with E-state index in [1.165, 1.54) is 9.36 Å². The van der Waals surface area contributed by atoms with Crippen molar-refractivity contribution in [3.05, 3.63) is 82.5 Å². The van der Waals surface area contributed by atoms with Gasteiger partial charge in [0, 0.05) is 18.0 Å². The van der Waals surface area contributed by atoms with Crippen molar-refractivity contribution in [3.63, 3.8) is 0 Å². The molecule has 0 atom stereocenters. The van der Waals surface area contributed by atoms with Gasteiger partial charge in [-0.1, -0.05) is 24.3 Å². The third kappa shape index (κ3) is 2.18. The standard InChI is InChI=1S/C17H12N6O/c18-10-15-13(11-21-9-5-4-8-16(15)21)12-22-17(24)23(20-19-22)14-6-2-1-3-7-14/h1-9,11H,12H2. The molecule has 4 rings (SSSR count). The number of nitriles is 1. The van der Waals surface area contributed by atoms with Crippen molar-refractivity contribution in [3.8, 4) is 11.8 Å². The minimum absolute atomic E-state index is 0.191. The molecule has 0 fully saturated rings. The first kappa shape index (κ1) is 14.0.